The summed E-state index contributed by atoms with van der Waals surface area (Å²) in [4.78, 5) is 10.5. The first-order chi connectivity index (χ1) is 9.61. The zero-order valence-electron chi connectivity index (χ0n) is 11.1. The fourth-order valence-corrected chi connectivity index (χ4v) is 1.98. The topological polar surface area (TPSA) is 88.5 Å². The molecular formula is C14H16N2O4. The third-order valence-corrected chi connectivity index (χ3v) is 3.10. The normalized spacial score (nSPS) is 10.7. The quantitative estimate of drug-likeness (QED) is 0.624. The van der Waals surface area contributed by atoms with E-state index < -0.39 is 0 Å². The highest BCUT2D eigenvalue weighted by Crippen LogP contribution is 2.21. The van der Waals surface area contributed by atoms with E-state index in [0.717, 1.165) is 11.3 Å². The average Bonchev–Trinajstić information content (AvgIpc) is 2.88. The second-order valence-corrected chi connectivity index (χ2v) is 4.45. The molecule has 2 aromatic rings. The van der Waals surface area contributed by atoms with Gasteiger partial charge in [0.2, 0.25) is 0 Å². The van der Waals surface area contributed by atoms with Crippen molar-refractivity contribution in [3.8, 4) is 0 Å². The van der Waals surface area contributed by atoms with Crippen molar-refractivity contribution in [1.29, 1.82) is 0 Å². The summed E-state index contributed by atoms with van der Waals surface area (Å²) >= 11 is 0. The van der Waals surface area contributed by atoms with Gasteiger partial charge in [0.15, 0.2) is 0 Å². The van der Waals surface area contributed by atoms with Crippen LogP contribution in [-0.2, 0) is 19.7 Å². The van der Waals surface area contributed by atoms with Gasteiger partial charge in [0.1, 0.15) is 18.1 Å². The fraction of sp³-hybridized carbons (Fsp3) is 0.286. The second-order valence-electron chi connectivity index (χ2n) is 4.45. The number of hydrogen-bond acceptors (Lipinski definition) is 5. The van der Waals surface area contributed by atoms with Crippen LogP contribution in [0, 0.1) is 17.0 Å². The van der Waals surface area contributed by atoms with Gasteiger partial charge in [0.05, 0.1) is 11.5 Å². The molecule has 1 heterocycles. The Bertz CT molecular complexity index is 607. The molecule has 0 atom stereocenters. The predicted molar refractivity (Wildman–Crippen MR) is 73.0 cm³/mol. The highest BCUT2D eigenvalue weighted by Gasteiger charge is 2.12. The number of hydrogen-bond donors (Lipinski definition) is 2. The van der Waals surface area contributed by atoms with Gasteiger partial charge < -0.3 is 14.8 Å². The Morgan fingerprint density at radius 1 is 1.25 bits per heavy atom. The first-order valence-electron chi connectivity index (χ1n) is 6.24. The van der Waals surface area contributed by atoms with Crippen molar-refractivity contribution in [3.63, 3.8) is 0 Å². The summed E-state index contributed by atoms with van der Waals surface area (Å²) in [6.45, 7) is 2.64. The second kappa shape index (κ2) is 6.31. The Balaban J connectivity index is 1.97. The molecule has 0 saturated carbocycles. The van der Waals surface area contributed by atoms with Crippen molar-refractivity contribution in [1.82, 2.24) is 5.32 Å². The number of aliphatic hydroxyl groups excluding tert-OH is 1. The summed E-state index contributed by atoms with van der Waals surface area (Å²) in [5.74, 6) is 1.24. The van der Waals surface area contributed by atoms with E-state index in [0.29, 0.717) is 24.4 Å². The highest BCUT2D eigenvalue weighted by atomic mass is 16.6. The average molecular weight is 276 g/mol. The van der Waals surface area contributed by atoms with Crippen LogP contribution in [0.15, 0.2) is 34.7 Å². The molecule has 0 amide bonds. The number of aliphatic hydroxyl groups is 1. The van der Waals surface area contributed by atoms with Gasteiger partial charge in [-0.25, -0.2) is 0 Å². The summed E-state index contributed by atoms with van der Waals surface area (Å²) in [5, 5.41) is 22.9. The largest absolute Gasteiger partial charge is 0.462 e. The molecule has 0 spiro atoms. The lowest BCUT2D eigenvalue weighted by Gasteiger charge is -2.07. The fourth-order valence-electron chi connectivity index (χ4n) is 1.98. The summed E-state index contributed by atoms with van der Waals surface area (Å²) in [5.41, 5.74) is 1.68. The Morgan fingerprint density at radius 3 is 2.65 bits per heavy atom. The molecule has 0 saturated heterocycles. The Labute approximate surface area is 116 Å². The molecule has 20 heavy (non-hydrogen) atoms. The molecule has 6 nitrogen and oxygen atoms in total. The maximum atomic E-state index is 10.9. The van der Waals surface area contributed by atoms with Crippen LogP contribution in [0.1, 0.15) is 22.6 Å². The lowest BCUT2D eigenvalue weighted by atomic mass is 10.1. The van der Waals surface area contributed by atoms with E-state index in [9.17, 15) is 10.1 Å². The number of nitro benzene ring substituents is 1. The molecule has 1 aromatic heterocycles. The standard InChI is InChI=1S/C14H16N2O4/c1-10-11(3-2-4-14(10)16(18)19)7-15-8-12-5-6-13(9-17)20-12/h2-6,15,17H,7-9H2,1H3. The van der Waals surface area contributed by atoms with Gasteiger partial charge in [-0.3, -0.25) is 10.1 Å². The monoisotopic (exact) mass is 276 g/mol. The van der Waals surface area contributed by atoms with Crippen molar-refractivity contribution in [3.05, 3.63) is 63.1 Å². The molecule has 0 fully saturated rings. The SMILES string of the molecule is Cc1c(CNCc2ccc(CO)o2)cccc1[N+](=O)[O-]. The molecule has 2 rings (SSSR count). The lowest BCUT2D eigenvalue weighted by Crippen LogP contribution is -2.13. The number of furan rings is 1. The molecule has 106 valence electrons. The minimum atomic E-state index is -0.376. The number of nitrogens with zero attached hydrogens (tertiary/aromatic N) is 1. The molecule has 0 aliphatic heterocycles. The van der Waals surface area contributed by atoms with Gasteiger partial charge in [-0.1, -0.05) is 12.1 Å². The molecule has 1 aromatic carbocycles. The number of benzene rings is 1. The third-order valence-electron chi connectivity index (χ3n) is 3.10. The van der Waals surface area contributed by atoms with Crippen molar-refractivity contribution >= 4 is 5.69 Å². The first kappa shape index (κ1) is 14.2. The van der Waals surface area contributed by atoms with Gasteiger partial charge in [-0.15, -0.1) is 0 Å². The number of rotatable bonds is 6. The van der Waals surface area contributed by atoms with Crippen LogP contribution >= 0.6 is 0 Å². The zero-order chi connectivity index (χ0) is 14.5. The first-order valence-corrected chi connectivity index (χ1v) is 6.24. The van der Waals surface area contributed by atoms with E-state index >= 15 is 0 Å². The maximum Gasteiger partial charge on any atom is 0.272 e. The van der Waals surface area contributed by atoms with Gasteiger partial charge in [-0.2, -0.15) is 0 Å². The van der Waals surface area contributed by atoms with Crippen LogP contribution in [0.3, 0.4) is 0 Å². The van der Waals surface area contributed by atoms with Gasteiger partial charge in [0, 0.05) is 18.2 Å². The van der Waals surface area contributed by atoms with Crippen molar-refractivity contribution in [2.45, 2.75) is 26.6 Å². The van der Waals surface area contributed by atoms with Crippen molar-refractivity contribution < 1.29 is 14.4 Å². The molecule has 0 aliphatic rings. The van der Waals surface area contributed by atoms with Crippen molar-refractivity contribution in [2.24, 2.45) is 0 Å². The third kappa shape index (κ3) is 3.23. The van der Waals surface area contributed by atoms with Crippen molar-refractivity contribution in [2.75, 3.05) is 0 Å². The van der Waals surface area contributed by atoms with E-state index in [4.69, 9.17) is 9.52 Å². The summed E-state index contributed by atoms with van der Waals surface area (Å²) in [6, 6.07) is 8.54. The molecular weight excluding hydrogens is 260 g/mol. The minimum absolute atomic E-state index is 0.121. The predicted octanol–water partition coefficient (Wildman–Crippen LogP) is 2.28. The smallest absolute Gasteiger partial charge is 0.272 e. The Kier molecular flexibility index (Phi) is 4.49. The van der Waals surface area contributed by atoms with E-state index in [1.807, 2.05) is 6.07 Å². The zero-order valence-corrected chi connectivity index (χ0v) is 11.1. The van der Waals surface area contributed by atoms with Crippen LogP contribution in [0.25, 0.3) is 0 Å². The molecule has 0 radical (unpaired) electrons. The minimum Gasteiger partial charge on any atom is -0.462 e. The van der Waals surface area contributed by atoms with E-state index in [-0.39, 0.29) is 17.2 Å². The summed E-state index contributed by atoms with van der Waals surface area (Å²) < 4.78 is 5.34. The van der Waals surface area contributed by atoms with Gasteiger partial charge >= 0.3 is 0 Å². The highest BCUT2D eigenvalue weighted by molar-refractivity contribution is 5.44. The van der Waals surface area contributed by atoms with Crippen LogP contribution in [0.4, 0.5) is 5.69 Å². The van der Waals surface area contributed by atoms with Crippen LogP contribution in [0.5, 0.6) is 0 Å². The van der Waals surface area contributed by atoms with Crippen LogP contribution < -0.4 is 5.32 Å². The Morgan fingerprint density at radius 2 is 2.00 bits per heavy atom. The van der Waals surface area contributed by atoms with Gasteiger partial charge in [-0.05, 0) is 24.6 Å². The molecule has 2 N–H and O–H groups in total. The van der Waals surface area contributed by atoms with Crippen LogP contribution in [0.2, 0.25) is 0 Å². The molecule has 0 unspecified atom stereocenters. The summed E-state index contributed by atoms with van der Waals surface area (Å²) in [6.07, 6.45) is 0. The number of nitro groups is 1. The molecule has 0 aliphatic carbocycles. The lowest BCUT2D eigenvalue weighted by molar-refractivity contribution is -0.385. The molecule has 0 bridgehead atoms. The molecule has 6 heteroatoms. The van der Waals surface area contributed by atoms with Crippen LogP contribution in [-0.4, -0.2) is 10.0 Å². The van der Waals surface area contributed by atoms with E-state index in [2.05, 4.69) is 5.32 Å². The maximum absolute atomic E-state index is 10.9. The van der Waals surface area contributed by atoms with Gasteiger partial charge in [0.25, 0.3) is 5.69 Å². The van der Waals surface area contributed by atoms with E-state index in [1.165, 1.54) is 6.07 Å². The summed E-state index contributed by atoms with van der Waals surface area (Å²) in [7, 11) is 0. The number of nitrogens with one attached hydrogen (secondary N) is 1. The van der Waals surface area contributed by atoms with E-state index in [1.54, 1.807) is 25.1 Å². The Hall–Kier alpha value is -2.18.